The molecule has 116 valence electrons. The number of aromatic nitrogens is 1. The molecule has 2 N–H and O–H groups in total. The number of rotatable bonds is 7. The molecule has 2 rings (SSSR count). The number of amides is 1. The summed E-state index contributed by atoms with van der Waals surface area (Å²) in [5.74, 6) is 0.381. The summed E-state index contributed by atoms with van der Waals surface area (Å²) >= 11 is 0. The van der Waals surface area contributed by atoms with E-state index in [-0.39, 0.29) is 5.91 Å². The quantitative estimate of drug-likeness (QED) is 0.771. The van der Waals surface area contributed by atoms with Crippen LogP contribution in [-0.2, 0) is 4.74 Å². The molecular formula is C17H21N3O2. The zero-order valence-electron chi connectivity index (χ0n) is 12.9. The van der Waals surface area contributed by atoms with Gasteiger partial charge in [-0.3, -0.25) is 4.79 Å². The van der Waals surface area contributed by atoms with Crippen molar-refractivity contribution in [1.29, 1.82) is 0 Å². The largest absolute Gasteiger partial charge is 0.385 e. The van der Waals surface area contributed by atoms with Gasteiger partial charge in [0.05, 0.1) is 11.9 Å². The zero-order valence-corrected chi connectivity index (χ0v) is 12.9. The molecule has 0 atom stereocenters. The Morgan fingerprint density at radius 3 is 2.82 bits per heavy atom. The lowest BCUT2D eigenvalue weighted by molar-refractivity contribution is 0.102. The number of nitrogens with one attached hydrogen (secondary N) is 2. The monoisotopic (exact) mass is 299 g/mol. The van der Waals surface area contributed by atoms with Crippen molar-refractivity contribution in [2.24, 2.45) is 0 Å². The molecule has 0 aliphatic carbocycles. The standard InChI is InChI=1S/C17H21N3O2/c1-13-5-3-6-14(11-13)17(21)20-16-8-7-15(12-19-16)18-9-4-10-22-2/h3,5-8,11-12,18H,4,9-10H2,1-2H3,(H,19,20,21). The van der Waals surface area contributed by atoms with Gasteiger partial charge in [-0.25, -0.2) is 4.98 Å². The second kappa shape index (κ2) is 8.14. The highest BCUT2D eigenvalue weighted by Gasteiger charge is 2.06. The molecule has 0 radical (unpaired) electrons. The smallest absolute Gasteiger partial charge is 0.256 e. The number of carbonyl (C=O) groups excluding carboxylic acids is 1. The van der Waals surface area contributed by atoms with Crippen molar-refractivity contribution < 1.29 is 9.53 Å². The van der Waals surface area contributed by atoms with Gasteiger partial charge in [0, 0.05) is 25.8 Å². The minimum atomic E-state index is -0.156. The highest BCUT2D eigenvalue weighted by Crippen LogP contribution is 2.12. The number of nitrogens with zero attached hydrogens (tertiary/aromatic N) is 1. The SMILES string of the molecule is COCCCNc1ccc(NC(=O)c2cccc(C)c2)nc1. The topological polar surface area (TPSA) is 63.2 Å². The molecule has 0 unspecified atom stereocenters. The number of aryl methyl sites for hydroxylation is 1. The van der Waals surface area contributed by atoms with Gasteiger partial charge in [-0.1, -0.05) is 17.7 Å². The van der Waals surface area contributed by atoms with Crippen LogP contribution in [0.5, 0.6) is 0 Å². The predicted molar refractivity (Wildman–Crippen MR) is 88.4 cm³/mol. The molecule has 0 aliphatic rings. The summed E-state index contributed by atoms with van der Waals surface area (Å²) in [7, 11) is 1.69. The van der Waals surface area contributed by atoms with Crippen LogP contribution in [0.15, 0.2) is 42.6 Å². The third-order valence-electron chi connectivity index (χ3n) is 3.14. The fraction of sp³-hybridized carbons (Fsp3) is 0.294. The van der Waals surface area contributed by atoms with Crippen molar-refractivity contribution in [1.82, 2.24) is 4.98 Å². The average molecular weight is 299 g/mol. The van der Waals surface area contributed by atoms with Gasteiger partial charge in [0.2, 0.25) is 0 Å². The lowest BCUT2D eigenvalue weighted by atomic mass is 10.1. The molecular weight excluding hydrogens is 278 g/mol. The Hall–Kier alpha value is -2.40. The van der Waals surface area contributed by atoms with E-state index in [9.17, 15) is 4.79 Å². The van der Waals surface area contributed by atoms with Crippen molar-refractivity contribution in [3.63, 3.8) is 0 Å². The van der Waals surface area contributed by atoms with E-state index < -0.39 is 0 Å². The molecule has 5 heteroatoms. The summed E-state index contributed by atoms with van der Waals surface area (Å²) in [6.45, 7) is 3.51. The highest BCUT2D eigenvalue weighted by molar-refractivity contribution is 6.03. The predicted octanol–water partition coefficient (Wildman–Crippen LogP) is 3.09. The summed E-state index contributed by atoms with van der Waals surface area (Å²) in [5.41, 5.74) is 2.60. The Balaban J connectivity index is 1.89. The van der Waals surface area contributed by atoms with Crippen molar-refractivity contribution in [3.05, 3.63) is 53.7 Å². The van der Waals surface area contributed by atoms with E-state index in [1.807, 2.05) is 31.2 Å². The van der Waals surface area contributed by atoms with Crippen LogP contribution in [0.2, 0.25) is 0 Å². The van der Waals surface area contributed by atoms with Gasteiger partial charge in [-0.15, -0.1) is 0 Å². The van der Waals surface area contributed by atoms with Gasteiger partial charge in [0.1, 0.15) is 5.82 Å². The normalized spacial score (nSPS) is 10.3. The summed E-state index contributed by atoms with van der Waals surface area (Å²) in [6, 6.07) is 11.1. The number of benzene rings is 1. The lowest BCUT2D eigenvalue weighted by Gasteiger charge is -2.08. The van der Waals surface area contributed by atoms with Gasteiger partial charge in [0.25, 0.3) is 5.91 Å². The van der Waals surface area contributed by atoms with Gasteiger partial charge in [-0.2, -0.15) is 0 Å². The van der Waals surface area contributed by atoms with E-state index in [1.165, 1.54) is 0 Å². The fourth-order valence-electron chi connectivity index (χ4n) is 2.00. The minimum Gasteiger partial charge on any atom is -0.385 e. The maximum absolute atomic E-state index is 12.1. The molecule has 1 heterocycles. The van der Waals surface area contributed by atoms with Gasteiger partial charge in [-0.05, 0) is 37.6 Å². The summed E-state index contributed by atoms with van der Waals surface area (Å²) < 4.78 is 4.99. The van der Waals surface area contributed by atoms with E-state index >= 15 is 0 Å². The van der Waals surface area contributed by atoms with E-state index in [2.05, 4.69) is 15.6 Å². The molecule has 0 aliphatic heterocycles. The number of carbonyl (C=O) groups is 1. The second-order valence-corrected chi connectivity index (χ2v) is 5.03. The van der Waals surface area contributed by atoms with E-state index in [0.29, 0.717) is 11.4 Å². The molecule has 0 spiro atoms. The van der Waals surface area contributed by atoms with Crippen LogP contribution in [0.1, 0.15) is 22.3 Å². The first-order valence-corrected chi connectivity index (χ1v) is 7.26. The van der Waals surface area contributed by atoms with E-state index in [0.717, 1.165) is 30.8 Å². The maximum Gasteiger partial charge on any atom is 0.256 e. The molecule has 1 amide bonds. The van der Waals surface area contributed by atoms with E-state index in [1.54, 1.807) is 25.4 Å². The number of ether oxygens (including phenoxy) is 1. The molecule has 1 aromatic heterocycles. The van der Waals surface area contributed by atoms with Crippen LogP contribution in [0.4, 0.5) is 11.5 Å². The molecule has 22 heavy (non-hydrogen) atoms. The van der Waals surface area contributed by atoms with Crippen molar-refractivity contribution >= 4 is 17.4 Å². The van der Waals surface area contributed by atoms with Crippen molar-refractivity contribution in [2.45, 2.75) is 13.3 Å². The Labute approximate surface area is 130 Å². The van der Waals surface area contributed by atoms with Gasteiger partial charge in [0.15, 0.2) is 0 Å². The van der Waals surface area contributed by atoms with Crippen LogP contribution >= 0.6 is 0 Å². The first-order valence-electron chi connectivity index (χ1n) is 7.26. The Morgan fingerprint density at radius 1 is 1.27 bits per heavy atom. The highest BCUT2D eigenvalue weighted by atomic mass is 16.5. The van der Waals surface area contributed by atoms with Gasteiger partial charge >= 0.3 is 0 Å². The summed E-state index contributed by atoms with van der Waals surface area (Å²) in [6.07, 6.45) is 2.64. The summed E-state index contributed by atoms with van der Waals surface area (Å²) in [5, 5.41) is 6.04. The number of hydrogen-bond donors (Lipinski definition) is 2. The second-order valence-electron chi connectivity index (χ2n) is 5.03. The Kier molecular flexibility index (Phi) is 5.91. The molecule has 0 saturated heterocycles. The van der Waals surface area contributed by atoms with Gasteiger partial charge < -0.3 is 15.4 Å². The number of methoxy groups -OCH3 is 1. The van der Waals surface area contributed by atoms with E-state index in [4.69, 9.17) is 4.74 Å². The number of pyridine rings is 1. The minimum absolute atomic E-state index is 0.156. The van der Waals surface area contributed by atoms with Crippen LogP contribution < -0.4 is 10.6 Å². The fourth-order valence-corrected chi connectivity index (χ4v) is 2.00. The third-order valence-corrected chi connectivity index (χ3v) is 3.14. The van der Waals surface area contributed by atoms with Crippen LogP contribution in [0.25, 0.3) is 0 Å². The maximum atomic E-state index is 12.1. The molecule has 0 bridgehead atoms. The summed E-state index contributed by atoms with van der Waals surface area (Å²) in [4.78, 5) is 16.4. The van der Waals surface area contributed by atoms with Crippen molar-refractivity contribution in [3.8, 4) is 0 Å². The molecule has 0 fully saturated rings. The Morgan fingerprint density at radius 2 is 2.14 bits per heavy atom. The molecule has 1 aromatic carbocycles. The Bertz CT molecular complexity index is 612. The van der Waals surface area contributed by atoms with Crippen molar-refractivity contribution in [2.75, 3.05) is 30.9 Å². The molecule has 5 nitrogen and oxygen atoms in total. The third kappa shape index (κ3) is 4.86. The first-order chi connectivity index (χ1) is 10.7. The first kappa shape index (κ1) is 16.0. The number of hydrogen-bond acceptors (Lipinski definition) is 4. The zero-order chi connectivity index (χ0) is 15.8. The number of anilines is 2. The average Bonchev–Trinajstić information content (AvgIpc) is 2.53. The van der Waals surface area contributed by atoms with Crippen LogP contribution in [-0.4, -0.2) is 31.2 Å². The van der Waals surface area contributed by atoms with Crippen LogP contribution in [0.3, 0.4) is 0 Å². The molecule has 0 saturated carbocycles. The lowest BCUT2D eigenvalue weighted by Crippen LogP contribution is -2.13. The van der Waals surface area contributed by atoms with Crippen LogP contribution in [0, 0.1) is 6.92 Å². The molecule has 2 aromatic rings.